The smallest absolute Gasteiger partial charge is 0.326 e. The molecule has 0 aromatic heterocycles. The molecule has 2 atom stereocenters. The zero-order valence-corrected chi connectivity index (χ0v) is 10.8. The molecule has 0 spiro atoms. The third-order valence-electron chi connectivity index (χ3n) is 3.33. The molecule has 0 aliphatic carbocycles. The molecule has 100 valence electrons. The molecule has 1 saturated heterocycles. The van der Waals surface area contributed by atoms with Crippen LogP contribution in [0.25, 0.3) is 0 Å². The molecule has 3 nitrogen and oxygen atoms in total. The second-order valence-corrected chi connectivity index (χ2v) is 5.33. The third-order valence-corrected chi connectivity index (χ3v) is 3.52. The first-order valence-electron chi connectivity index (χ1n) is 5.55. The number of carbonyl (C=O) groups excluding carboxylic acids is 1. The fourth-order valence-electron chi connectivity index (χ4n) is 2.53. The summed E-state index contributed by atoms with van der Waals surface area (Å²) >= 11 is 5.68. The predicted octanol–water partition coefficient (Wildman–Crippen LogP) is 2.18. The van der Waals surface area contributed by atoms with E-state index in [9.17, 15) is 13.6 Å². The van der Waals surface area contributed by atoms with Gasteiger partial charge in [-0.25, -0.2) is 8.78 Å². The van der Waals surface area contributed by atoms with Gasteiger partial charge in [-0.1, -0.05) is 6.92 Å². The average molecular weight is 270 g/mol. The van der Waals surface area contributed by atoms with E-state index in [1.807, 2.05) is 0 Å². The summed E-state index contributed by atoms with van der Waals surface area (Å²) in [5, 5.41) is 3.03. The van der Waals surface area contributed by atoms with E-state index < -0.39 is 23.3 Å². The second kappa shape index (κ2) is 5.48. The molecule has 0 amide bonds. The summed E-state index contributed by atoms with van der Waals surface area (Å²) in [6.45, 7) is 2.13. The predicted molar refractivity (Wildman–Crippen MR) is 61.4 cm³/mol. The molecule has 6 heteroatoms. The first-order chi connectivity index (χ1) is 7.87. The number of ether oxygens (including phenoxy) is 1. The molecule has 1 unspecified atom stereocenters. The minimum atomic E-state index is -2.37. The van der Waals surface area contributed by atoms with Gasteiger partial charge in [0.2, 0.25) is 6.43 Å². The number of carbonyl (C=O) groups is 1. The largest absolute Gasteiger partial charge is 0.468 e. The van der Waals surface area contributed by atoms with E-state index in [0.717, 1.165) is 0 Å². The Morgan fingerprint density at radius 3 is 2.71 bits per heavy atom. The number of rotatable bonds is 5. The Kier molecular flexibility index (Phi) is 4.72. The van der Waals surface area contributed by atoms with Crippen molar-refractivity contribution in [3.8, 4) is 0 Å². The fourth-order valence-corrected chi connectivity index (χ4v) is 2.86. The molecule has 1 fully saturated rings. The molecule has 0 bridgehead atoms. The maximum Gasteiger partial charge on any atom is 0.326 e. The third kappa shape index (κ3) is 3.28. The topological polar surface area (TPSA) is 38.3 Å². The summed E-state index contributed by atoms with van der Waals surface area (Å²) in [7, 11) is 1.29. The second-order valence-electron chi connectivity index (χ2n) is 4.95. The lowest BCUT2D eigenvalue weighted by Crippen LogP contribution is -2.48. The highest BCUT2D eigenvalue weighted by Gasteiger charge is 2.51. The van der Waals surface area contributed by atoms with Gasteiger partial charge in [-0.15, -0.1) is 11.6 Å². The van der Waals surface area contributed by atoms with E-state index in [0.29, 0.717) is 19.4 Å². The van der Waals surface area contributed by atoms with Crippen molar-refractivity contribution in [1.82, 2.24) is 5.32 Å². The molecule has 0 aromatic carbocycles. The van der Waals surface area contributed by atoms with Crippen LogP contribution in [0.15, 0.2) is 0 Å². The Morgan fingerprint density at radius 2 is 2.24 bits per heavy atom. The van der Waals surface area contributed by atoms with Crippen molar-refractivity contribution in [2.24, 2.45) is 5.41 Å². The van der Waals surface area contributed by atoms with Gasteiger partial charge in [-0.3, -0.25) is 4.79 Å². The number of nitrogens with one attached hydrogen (secondary N) is 1. The van der Waals surface area contributed by atoms with Crippen LogP contribution >= 0.6 is 11.6 Å². The van der Waals surface area contributed by atoms with Crippen molar-refractivity contribution >= 4 is 17.6 Å². The van der Waals surface area contributed by atoms with Crippen molar-refractivity contribution in [2.75, 3.05) is 19.5 Å². The van der Waals surface area contributed by atoms with Crippen molar-refractivity contribution in [2.45, 2.75) is 38.2 Å². The van der Waals surface area contributed by atoms with Crippen LogP contribution in [0.4, 0.5) is 8.78 Å². The number of esters is 1. The highest BCUT2D eigenvalue weighted by molar-refractivity contribution is 6.18. The highest BCUT2D eigenvalue weighted by Crippen LogP contribution is 2.41. The van der Waals surface area contributed by atoms with Crippen LogP contribution < -0.4 is 5.32 Å². The maximum absolute atomic E-state index is 12.5. The number of hydrogen-bond acceptors (Lipinski definition) is 3. The lowest BCUT2D eigenvalue weighted by atomic mass is 9.79. The molecule has 1 rings (SSSR count). The van der Waals surface area contributed by atoms with Crippen LogP contribution in [0.2, 0.25) is 0 Å². The number of methoxy groups -OCH3 is 1. The molecule has 1 heterocycles. The lowest BCUT2D eigenvalue weighted by Gasteiger charge is -2.28. The summed E-state index contributed by atoms with van der Waals surface area (Å²) in [6, 6.07) is 0. The SMILES string of the molecule is COC(=O)C1(CCCl)C[C@@](C)(CC(F)F)CN1. The summed E-state index contributed by atoms with van der Waals surface area (Å²) in [4.78, 5) is 11.8. The van der Waals surface area contributed by atoms with E-state index in [-0.39, 0.29) is 12.3 Å². The minimum Gasteiger partial charge on any atom is -0.468 e. The normalized spacial score (nSPS) is 33.1. The number of hydrogen-bond donors (Lipinski definition) is 1. The monoisotopic (exact) mass is 269 g/mol. The molecule has 1 aliphatic heterocycles. The van der Waals surface area contributed by atoms with E-state index in [1.165, 1.54) is 7.11 Å². The van der Waals surface area contributed by atoms with Gasteiger partial charge in [-0.05, 0) is 18.3 Å². The molecule has 0 aromatic rings. The van der Waals surface area contributed by atoms with Crippen LogP contribution in [-0.4, -0.2) is 37.5 Å². The van der Waals surface area contributed by atoms with Crippen LogP contribution in [0, 0.1) is 5.41 Å². The standard InChI is InChI=1S/C11H18ClF2NO2/c1-10(5-8(13)14)6-11(3-4-12,15-7-10)9(16)17-2/h8,15H,3-7H2,1-2H3/t10-,11?/m1/s1. The molecule has 1 aliphatic rings. The van der Waals surface area contributed by atoms with Gasteiger partial charge >= 0.3 is 5.97 Å². The van der Waals surface area contributed by atoms with E-state index in [1.54, 1.807) is 6.92 Å². The molecular weight excluding hydrogens is 252 g/mol. The van der Waals surface area contributed by atoms with Gasteiger partial charge in [0.15, 0.2) is 0 Å². The number of halogens is 3. The van der Waals surface area contributed by atoms with Gasteiger partial charge in [0.1, 0.15) is 5.54 Å². The summed E-state index contributed by atoms with van der Waals surface area (Å²) in [5.74, 6) is -0.136. The van der Waals surface area contributed by atoms with Crippen LogP contribution in [0.3, 0.4) is 0 Å². The van der Waals surface area contributed by atoms with E-state index >= 15 is 0 Å². The average Bonchev–Trinajstić information content (AvgIpc) is 2.55. The van der Waals surface area contributed by atoms with Crippen molar-refractivity contribution in [3.05, 3.63) is 0 Å². The molecule has 1 N–H and O–H groups in total. The molecule has 0 saturated carbocycles. The summed E-state index contributed by atoms with van der Waals surface area (Å²) in [5.41, 5.74) is -1.49. The summed E-state index contributed by atoms with van der Waals surface area (Å²) < 4.78 is 29.7. The first kappa shape index (κ1) is 14.6. The van der Waals surface area contributed by atoms with Crippen molar-refractivity contribution in [1.29, 1.82) is 0 Å². The first-order valence-corrected chi connectivity index (χ1v) is 6.08. The van der Waals surface area contributed by atoms with Gasteiger partial charge < -0.3 is 10.1 Å². The Bertz CT molecular complexity index is 291. The zero-order valence-electron chi connectivity index (χ0n) is 10.1. The Labute approximate surface area is 105 Å². The van der Waals surface area contributed by atoms with Crippen LogP contribution in [-0.2, 0) is 9.53 Å². The molecule has 0 radical (unpaired) electrons. The van der Waals surface area contributed by atoms with Gasteiger partial charge in [0.25, 0.3) is 0 Å². The molecule has 17 heavy (non-hydrogen) atoms. The quantitative estimate of drug-likeness (QED) is 0.614. The minimum absolute atomic E-state index is 0.221. The highest BCUT2D eigenvalue weighted by atomic mass is 35.5. The van der Waals surface area contributed by atoms with Crippen molar-refractivity contribution < 1.29 is 18.3 Å². The summed E-state index contributed by atoms with van der Waals surface area (Å²) in [6.07, 6.45) is -1.86. The fraction of sp³-hybridized carbons (Fsp3) is 0.909. The Hall–Kier alpha value is -0.420. The number of alkyl halides is 3. The van der Waals surface area contributed by atoms with Crippen LogP contribution in [0.5, 0.6) is 0 Å². The zero-order chi connectivity index (χ0) is 13.1. The lowest BCUT2D eigenvalue weighted by molar-refractivity contribution is -0.148. The Morgan fingerprint density at radius 1 is 1.59 bits per heavy atom. The Balaban J connectivity index is 2.80. The van der Waals surface area contributed by atoms with Crippen LogP contribution in [0.1, 0.15) is 26.2 Å². The van der Waals surface area contributed by atoms with Gasteiger partial charge in [0, 0.05) is 18.8 Å². The van der Waals surface area contributed by atoms with Crippen molar-refractivity contribution in [3.63, 3.8) is 0 Å². The molecular formula is C11H18ClF2NO2. The van der Waals surface area contributed by atoms with E-state index in [2.05, 4.69) is 5.32 Å². The van der Waals surface area contributed by atoms with Gasteiger partial charge in [0.05, 0.1) is 7.11 Å². The van der Waals surface area contributed by atoms with Gasteiger partial charge in [-0.2, -0.15) is 0 Å². The maximum atomic E-state index is 12.5. The van der Waals surface area contributed by atoms with E-state index in [4.69, 9.17) is 16.3 Å².